The summed E-state index contributed by atoms with van der Waals surface area (Å²) in [6.45, 7) is 2.44. The summed E-state index contributed by atoms with van der Waals surface area (Å²) in [7, 11) is 0. The largest absolute Gasteiger partial charge is 0.480 e. The van der Waals surface area contributed by atoms with Crippen LogP contribution in [0.25, 0.3) is 0 Å². The van der Waals surface area contributed by atoms with E-state index in [1.807, 2.05) is 6.26 Å². The molecular weight excluding hydrogens is 162 g/mol. The number of hydrogen-bond acceptors (Lipinski definition) is 3. The normalized spacial score (nSPS) is 12.9. The van der Waals surface area contributed by atoms with Gasteiger partial charge in [-0.25, -0.2) is 0 Å². The molecule has 3 nitrogen and oxygen atoms in total. The second kappa shape index (κ2) is 6.49. The maximum Gasteiger partial charge on any atom is 0.320 e. The Kier molecular flexibility index (Phi) is 6.36. The van der Waals surface area contributed by atoms with Crippen LogP contribution in [0, 0.1) is 0 Å². The number of carboxylic acids is 1. The highest BCUT2D eigenvalue weighted by atomic mass is 32.2. The Labute approximate surface area is 71.6 Å². The molecule has 1 atom stereocenters. The highest BCUT2D eigenvalue weighted by Gasteiger charge is 2.07. The summed E-state index contributed by atoms with van der Waals surface area (Å²) in [5.74, 6) is 0.299. The summed E-state index contributed by atoms with van der Waals surface area (Å²) >= 11 is 1.77. The molecule has 0 fully saturated rings. The van der Waals surface area contributed by atoms with Crippen molar-refractivity contribution in [2.45, 2.75) is 19.4 Å². The van der Waals surface area contributed by atoms with E-state index in [1.165, 1.54) is 0 Å². The maximum absolute atomic E-state index is 10.3. The van der Waals surface area contributed by atoms with Gasteiger partial charge < -0.3 is 10.4 Å². The molecule has 0 aromatic heterocycles. The molecule has 0 aliphatic heterocycles. The van der Waals surface area contributed by atoms with Crippen molar-refractivity contribution < 1.29 is 9.90 Å². The molecule has 2 N–H and O–H groups in total. The second-order valence-corrected chi connectivity index (χ2v) is 3.35. The molecule has 0 saturated carbocycles. The van der Waals surface area contributed by atoms with Gasteiger partial charge in [0.05, 0.1) is 0 Å². The van der Waals surface area contributed by atoms with Crippen LogP contribution in [0.5, 0.6) is 0 Å². The SMILES string of the molecule is CSCCCN[C@@H](C)C(=O)O. The van der Waals surface area contributed by atoms with Crippen molar-refractivity contribution in [3.63, 3.8) is 0 Å². The van der Waals surface area contributed by atoms with Crippen molar-refractivity contribution in [3.8, 4) is 0 Å². The van der Waals surface area contributed by atoms with Crippen LogP contribution in [-0.2, 0) is 4.79 Å². The first-order chi connectivity index (χ1) is 5.18. The summed E-state index contributed by atoms with van der Waals surface area (Å²) in [6.07, 6.45) is 3.07. The highest BCUT2D eigenvalue weighted by Crippen LogP contribution is 1.93. The van der Waals surface area contributed by atoms with E-state index in [4.69, 9.17) is 5.11 Å². The van der Waals surface area contributed by atoms with E-state index in [0.29, 0.717) is 0 Å². The third kappa shape index (κ3) is 6.19. The predicted molar refractivity (Wildman–Crippen MR) is 48.1 cm³/mol. The van der Waals surface area contributed by atoms with Gasteiger partial charge in [-0.05, 0) is 31.9 Å². The second-order valence-electron chi connectivity index (χ2n) is 2.36. The van der Waals surface area contributed by atoms with Gasteiger partial charge in [-0.2, -0.15) is 11.8 Å². The maximum atomic E-state index is 10.3. The van der Waals surface area contributed by atoms with Gasteiger partial charge >= 0.3 is 5.97 Å². The van der Waals surface area contributed by atoms with Crippen LogP contribution in [0.2, 0.25) is 0 Å². The molecule has 0 spiro atoms. The fourth-order valence-electron chi connectivity index (χ4n) is 0.622. The van der Waals surface area contributed by atoms with Crippen molar-refractivity contribution in [1.29, 1.82) is 0 Å². The molecule has 0 rings (SSSR count). The van der Waals surface area contributed by atoms with Crippen LogP contribution in [0.15, 0.2) is 0 Å². The lowest BCUT2D eigenvalue weighted by atomic mass is 10.3. The average Bonchev–Trinajstić information content (AvgIpc) is 1.97. The lowest BCUT2D eigenvalue weighted by molar-refractivity contribution is -0.138. The third-order valence-corrected chi connectivity index (χ3v) is 2.04. The summed E-state index contributed by atoms with van der Waals surface area (Å²) in [6, 6.07) is -0.420. The Morgan fingerprint density at radius 1 is 1.73 bits per heavy atom. The van der Waals surface area contributed by atoms with Gasteiger partial charge in [-0.1, -0.05) is 0 Å². The molecule has 0 saturated heterocycles. The molecule has 0 unspecified atom stereocenters. The number of hydrogen-bond donors (Lipinski definition) is 2. The summed E-state index contributed by atoms with van der Waals surface area (Å²) in [5, 5.41) is 11.4. The van der Waals surface area contributed by atoms with Crippen molar-refractivity contribution in [1.82, 2.24) is 5.32 Å². The van der Waals surface area contributed by atoms with E-state index in [9.17, 15) is 4.79 Å². The molecule has 0 heterocycles. The van der Waals surface area contributed by atoms with Gasteiger partial charge in [-0.15, -0.1) is 0 Å². The lowest BCUT2D eigenvalue weighted by Crippen LogP contribution is -2.34. The van der Waals surface area contributed by atoms with Crippen LogP contribution in [0.4, 0.5) is 0 Å². The van der Waals surface area contributed by atoms with E-state index >= 15 is 0 Å². The molecule has 66 valence electrons. The first-order valence-electron chi connectivity index (χ1n) is 3.63. The molecule has 0 bridgehead atoms. The molecule has 0 aliphatic rings. The quantitative estimate of drug-likeness (QED) is 0.589. The minimum absolute atomic E-state index is 0.420. The zero-order chi connectivity index (χ0) is 8.69. The summed E-state index contributed by atoms with van der Waals surface area (Å²) < 4.78 is 0. The molecule has 0 amide bonds. The van der Waals surface area contributed by atoms with Crippen LogP contribution in [-0.4, -0.2) is 35.7 Å². The fraction of sp³-hybridized carbons (Fsp3) is 0.857. The van der Waals surface area contributed by atoms with Crippen LogP contribution < -0.4 is 5.32 Å². The average molecular weight is 177 g/mol. The highest BCUT2D eigenvalue weighted by molar-refractivity contribution is 7.98. The first kappa shape index (κ1) is 10.8. The van der Waals surface area contributed by atoms with Crippen LogP contribution in [0.1, 0.15) is 13.3 Å². The Bertz CT molecular complexity index is 119. The van der Waals surface area contributed by atoms with Gasteiger partial charge in [0.2, 0.25) is 0 Å². The Morgan fingerprint density at radius 2 is 2.36 bits per heavy atom. The van der Waals surface area contributed by atoms with E-state index in [2.05, 4.69) is 5.32 Å². The van der Waals surface area contributed by atoms with Gasteiger partial charge in [0.25, 0.3) is 0 Å². The molecule has 0 aliphatic carbocycles. The number of carboxylic acid groups (broad SMARTS) is 1. The number of nitrogens with one attached hydrogen (secondary N) is 1. The first-order valence-corrected chi connectivity index (χ1v) is 5.03. The van der Waals surface area contributed by atoms with Crippen LogP contribution in [0.3, 0.4) is 0 Å². The zero-order valence-corrected chi connectivity index (χ0v) is 7.78. The lowest BCUT2D eigenvalue weighted by Gasteiger charge is -2.07. The van der Waals surface area contributed by atoms with E-state index in [0.717, 1.165) is 18.7 Å². The smallest absolute Gasteiger partial charge is 0.320 e. The fourth-order valence-corrected chi connectivity index (χ4v) is 1.06. The van der Waals surface area contributed by atoms with Crippen molar-refractivity contribution >= 4 is 17.7 Å². The van der Waals surface area contributed by atoms with E-state index in [1.54, 1.807) is 18.7 Å². The standard InChI is InChI=1S/C7H15NO2S/c1-6(7(9)10)8-4-3-5-11-2/h6,8H,3-5H2,1-2H3,(H,9,10)/t6-/m0/s1. The Hall–Kier alpha value is -0.220. The summed E-state index contributed by atoms with van der Waals surface area (Å²) in [4.78, 5) is 10.3. The van der Waals surface area contributed by atoms with Crippen LogP contribution >= 0.6 is 11.8 Å². The number of thioether (sulfide) groups is 1. The zero-order valence-electron chi connectivity index (χ0n) is 6.96. The van der Waals surface area contributed by atoms with Gasteiger partial charge in [0, 0.05) is 0 Å². The number of carbonyl (C=O) groups is 1. The number of aliphatic carboxylic acids is 1. The van der Waals surface area contributed by atoms with Crippen molar-refractivity contribution in [3.05, 3.63) is 0 Å². The minimum Gasteiger partial charge on any atom is -0.480 e. The molecule has 0 aromatic rings. The minimum atomic E-state index is -0.783. The summed E-state index contributed by atoms with van der Waals surface area (Å²) in [5.41, 5.74) is 0. The molecule has 0 aromatic carbocycles. The van der Waals surface area contributed by atoms with Gasteiger partial charge in [0.1, 0.15) is 6.04 Å². The molecule has 11 heavy (non-hydrogen) atoms. The number of rotatable bonds is 6. The predicted octanol–water partition coefficient (Wildman–Crippen LogP) is 0.802. The van der Waals surface area contributed by atoms with E-state index in [-0.39, 0.29) is 0 Å². The van der Waals surface area contributed by atoms with Gasteiger partial charge in [-0.3, -0.25) is 4.79 Å². The van der Waals surface area contributed by atoms with E-state index < -0.39 is 12.0 Å². The Morgan fingerprint density at radius 3 is 2.82 bits per heavy atom. The van der Waals surface area contributed by atoms with Gasteiger partial charge in [0.15, 0.2) is 0 Å². The molecule has 4 heteroatoms. The van der Waals surface area contributed by atoms with Crippen molar-refractivity contribution in [2.75, 3.05) is 18.6 Å². The monoisotopic (exact) mass is 177 g/mol. The molecular formula is C7H15NO2S. The Balaban J connectivity index is 3.17. The van der Waals surface area contributed by atoms with Crippen molar-refractivity contribution in [2.24, 2.45) is 0 Å². The third-order valence-electron chi connectivity index (χ3n) is 1.35. The topological polar surface area (TPSA) is 49.3 Å². The molecule has 0 radical (unpaired) electrons.